The lowest BCUT2D eigenvalue weighted by atomic mass is 10.0. The van der Waals surface area contributed by atoms with E-state index in [1.807, 2.05) is 6.07 Å². The Morgan fingerprint density at radius 3 is 2.69 bits per heavy atom. The fourth-order valence-electron chi connectivity index (χ4n) is 3.30. The van der Waals surface area contributed by atoms with Gasteiger partial charge in [-0.1, -0.05) is 0 Å². The molecule has 0 saturated carbocycles. The molecule has 4 rings (SSSR count). The Morgan fingerprint density at radius 2 is 1.88 bits per heavy atom. The molecule has 2 aliphatic rings. The average Bonchev–Trinajstić information content (AvgIpc) is 3.30. The van der Waals surface area contributed by atoms with E-state index in [-0.39, 0.29) is 6.03 Å². The average molecular weight is 356 g/mol. The molecule has 0 saturated heterocycles. The van der Waals surface area contributed by atoms with Crippen LogP contribution in [0.15, 0.2) is 24.3 Å². The minimum atomic E-state index is -0.380. The van der Waals surface area contributed by atoms with Crippen molar-refractivity contribution < 1.29 is 23.7 Å². The topological polar surface area (TPSA) is 78.1 Å². The second kappa shape index (κ2) is 6.67. The number of nitrogens with one attached hydrogen (secondary N) is 2. The standard InChI is InChI=1S/C19H20N2O5/c1-23-12-3-4-15(24-2)14(10-12)20-19(22)21-17-13-6-8-25-16(13)9-11-5-7-26-18(11)17/h3-4,9-10H,5-8H2,1-2H3,(H2,20,21,22). The van der Waals surface area contributed by atoms with Crippen molar-refractivity contribution in [3.63, 3.8) is 0 Å². The van der Waals surface area contributed by atoms with E-state index in [2.05, 4.69) is 10.6 Å². The van der Waals surface area contributed by atoms with E-state index in [0.29, 0.717) is 36.1 Å². The molecule has 0 unspecified atom stereocenters. The molecule has 26 heavy (non-hydrogen) atoms. The van der Waals surface area contributed by atoms with Gasteiger partial charge in [0.2, 0.25) is 0 Å². The van der Waals surface area contributed by atoms with Gasteiger partial charge in [-0.15, -0.1) is 0 Å². The van der Waals surface area contributed by atoms with Crippen LogP contribution in [0.4, 0.5) is 16.2 Å². The zero-order valence-corrected chi connectivity index (χ0v) is 14.7. The van der Waals surface area contributed by atoms with Gasteiger partial charge < -0.3 is 29.6 Å². The first-order valence-corrected chi connectivity index (χ1v) is 8.44. The number of rotatable bonds is 4. The highest BCUT2D eigenvalue weighted by molar-refractivity contribution is 6.02. The molecule has 2 heterocycles. The summed E-state index contributed by atoms with van der Waals surface area (Å²) in [4.78, 5) is 12.6. The Balaban J connectivity index is 1.60. The molecule has 7 heteroatoms. The molecule has 2 aliphatic heterocycles. The van der Waals surface area contributed by atoms with Gasteiger partial charge in [0, 0.05) is 30.0 Å². The van der Waals surface area contributed by atoms with Gasteiger partial charge in [0.05, 0.1) is 38.8 Å². The van der Waals surface area contributed by atoms with Crippen LogP contribution in [0, 0.1) is 0 Å². The van der Waals surface area contributed by atoms with E-state index in [0.717, 1.165) is 35.5 Å². The van der Waals surface area contributed by atoms with Crippen LogP contribution in [-0.4, -0.2) is 33.5 Å². The van der Waals surface area contributed by atoms with Crippen molar-refractivity contribution in [1.82, 2.24) is 0 Å². The number of carbonyl (C=O) groups excluding carboxylic acids is 1. The normalized spacial score (nSPS) is 13.9. The number of anilines is 2. The molecular weight excluding hydrogens is 336 g/mol. The third-order valence-electron chi connectivity index (χ3n) is 4.54. The van der Waals surface area contributed by atoms with E-state index >= 15 is 0 Å². The maximum absolute atomic E-state index is 12.6. The molecule has 0 atom stereocenters. The van der Waals surface area contributed by atoms with E-state index in [4.69, 9.17) is 18.9 Å². The van der Waals surface area contributed by atoms with Gasteiger partial charge in [0.1, 0.15) is 23.0 Å². The molecule has 0 spiro atoms. The third kappa shape index (κ3) is 2.85. The first-order chi connectivity index (χ1) is 12.7. The van der Waals surface area contributed by atoms with Crippen LogP contribution < -0.4 is 29.6 Å². The Bertz CT molecular complexity index is 833. The van der Waals surface area contributed by atoms with E-state index in [1.165, 1.54) is 0 Å². The highest BCUT2D eigenvalue weighted by Gasteiger charge is 2.27. The zero-order valence-electron chi connectivity index (χ0n) is 14.7. The van der Waals surface area contributed by atoms with Gasteiger partial charge >= 0.3 is 6.03 Å². The van der Waals surface area contributed by atoms with Gasteiger partial charge in [0.15, 0.2) is 0 Å². The molecule has 0 radical (unpaired) electrons. The van der Waals surface area contributed by atoms with Gasteiger partial charge in [-0.3, -0.25) is 0 Å². The van der Waals surface area contributed by atoms with Crippen LogP contribution in [0.3, 0.4) is 0 Å². The molecule has 0 bridgehead atoms. The van der Waals surface area contributed by atoms with Crippen molar-refractivity contribution in [1.29, 1.82) is 0 Å². The predicted octanol–water partition coefficient (Wildman–Crippen LogP) is 3.22. The smallest absolute Gasteiger partial charge is 0.323 e. The zero-order chi connectivity index (χ0) is 18.1. The van der Waals surface area contributed by atoms with Crippen LogP contribution in [0.5, 0.6) is 23.0 Å². The SMILES string of the molecule is COc1ccc(OC)c(NC(=O)Nc2c3c(cc4c2OCC4)OCC3)c1. The summed E-state index contributed by atoms with van der Waals surface area (Å²) in [6, 6.07) is 6.85. The Labute approximate surface area is 151 Å². The fourth-order valence-corrected chi connectivity index (χ4v) is 3.30. The second-order valence-electron chi connectivity index (χ2n) is 6.06. The molecule has 2 amide bonds. The predicted molar refractivity (Wildman–Crippen MR) is 97.0 cm³/mol. The molecule has 0 fully saturated rings. The summed E-state index contributed by atoms with van der Waals surface area (Å²) in [5, 5.41) is 5.74. The van der Waals surface area contributed by atoms with Crippen molar-refractivity contribution in [2.24, 2.45) is 0 Å². The number of urea groups is 1. The Morgan fingerprint density at radius 1 is 1.04 bits per heavy atom. The number of hydrogen-bond donors (Lipinski definition) is 2. The molecule has 2 N–H and O–H groups in total. The van der Waals surface area contributed by atoms with Crippen molar-refractivity contribution in [2.75, 3.05) is 38.1 Å². The van der Waals surface area contributed by atoms with Crippen molar-refractivity contribution >= 4 is 17.4 Å². The van der Waals surface area contributed by atoms with Crippen molar-refractivity contribution in [3.8, 4) is 23.0 Å². The van der Waals surface area contributed by atoms with Crippen LogP contribution in [0.25, 0.3) is 0 Å². The summed E-state index contributed by atoms with van der Waals surface area (Å²) >= 11 is 0. The molecule has 2 aromatic rings. The maximum Gasteiger partial charge on any atom is 0.323 e. The number of hydrogen-bond acceptors (Lipinski definition) is 5. The molecular formula is C19H20N2O5. The number of benzene rings is 2. The largest absolute Gasteiger partial charge is 0.497 e. The van der Waals surface area contributed by atoms with Crippen molar-refractivity contribution in [3.05, 3.63) is 35.4 Å². The first-order valence-electron chi connectivity index (χ1n) is 8.44. The fraction of sp³-hybridized carbons (Fsp3) is 0.316. The minimum Gasteiger partial charge on any atom is -0.497 e. The third-order valence-corrected chi connectivity index (χ3v) is 4.54. The maximum atomic E-state index is 12.6. The van der Waals surface area contributed by atoms with Gasteiger partial charge in [-0.25, -0.2) is 4.79 Å². The molecule has 7 nitrogen and oxygen atoms in total. The summed E-state index contributed by atoms with van der Waals surface area (Å²) in [7, 11) is 3.12. The molecule has 136 valence electrons. The number of carbonyl (C=O) groups is 1. The second-order valence-corrected chi connectivity index (χ2v) is 6.06. The summed E-state index contributed by atoms with van der Waals surface area (Å²) < 4.78 is 21.9. The summed E-state index contributed by atoms with van der Waals surface area (Å²) in [5.41, 5.74) is 3.23. The summed E-state index contributed by atoms with van der Waals surface area (Å²) in [6.45, 7) is 1.22. The number of fused-ring (bicyclic) bond motifs is 2. The Hall–Kier alpha value is -3.09. The number of methoxy groups -OCH3 is 2. The highest BCUT2D eigenvalue weighted by Crippen LogP contribution is 2.44. The van der Waals surface area contributed by atoms with Crippen molar-refractivity contribution in [2.45, 2.75) is 12.8 Å². The van der Waals surface area contributed by atoms with Gasteiger partial charge in [-0.2, -0.15) is 0 Å². The lowest BCUT2D eigenvalue weighted by Crippen LogP contribution is -2.21. The van der Waals surface area contributed by atoms with E-state index in [1.54, 1.807) is 32.4 Å². The lowest BCUT2D eigenvalue weighted by molar-refractivity contribution is 0.262. The number of ether oxygens (including phenoxy) is 4. The summed E-state index contributed by atoms with van der Waals surface area (Å²) in [6.07, 6.45) is 1.55. The van der Waals surface area contributed by atoms with E-state index in [9.17, 15) is 4.79 Å². The lowest BCUT2D eigenvalue weighted by Gasteiger charge is -2.16. The summed E-state index contributed by atoms with van der Waals surface area (Å²) in [5.74, 6) is 2.73. The van der Waals surface area contributed by atoms with Crippen LogP contribution in [-0.2, 0) is 12.8 Å². The quantitative estimate of drug-likeness (QED) is 0.879. The van der Waals surface area contributed by atoms with Gasteiger partial charge in [0.25, 0.3) is 0 Å². The first kappa shape index (κ1) is 16.4. The van der Waals surface area contributed by atoms with Crippen LogP contribution in [0.1, 0.15) is 11.1 Å². The molecule has 2 aromatic carbocycles. The van der Waals surface area contributed by atoms with Crippen LogP contribution in [0.2, 0.25) is 0 Å². The number of amides is 2. The van der Waals surface area contributed by atoms with E-state index < -0.39 is 0 Å². The van der Waals surface area contributed by atoms with Crippen LogP contribution >= 0.6 is 0 Å². The molecule has 0 aliphatic carbocycles. The minimum absolute atomic E-state index is 0.380. The molecule has 0 aromatic heterocycles. The Kier molecular flexibility index (Phi) is 4.20. The monoisotopic (exact) mass is 356 g/mol. The van der Waals surface area contributed by atoms with Gasteiger partial charge in [-0.05, 0) is 18.2 Å². The highest BCUT2D eigenvalue weighted by atomic mass is 16.5.